The topological polar surface area (TPSA) is 130 Å². The van der Waals surface area contributed by atoms with E-state index in [1.165, 1.54) is 0 Å². The van der Waals surface area contributed by atoms with E-state index in [-0.39, 0.29) is 6.29 Å². The van der Waals surface area contributed by atoms with Crippen molar-refractivity contribution in [2.75, 3.05) is 6.61 Å². The molecule has 7 nitrogen and oxygen atoms in total. The van der Waals surface area contributed by atoms with Gasteiger partial charge in [0.05, 0.1) is 14.4 Å². The number of aliphatic hydroxyl groups is 2. The van der Waals surface area contributed by atoms with Crippen molar-refractivity contribution < 1.29 is 33.9 Å². The van der Waals surface area contributed by atoms with E-state index < -0.39 is 26.6 Å². The van der Waals surface area contributed by atoms with Crippen molar-refractivity contribution in [1.82, 2.24) is 0 Å². The third-order valence-corrected chi connectivity index (χ3v) is 1.40. The Bertz CT molecular complexity index is 186. The Balaban J connectivity index is 3.79. The van der Waals surface area contributed by atoms with Gasteiger partial charge in [-0.3, -0.25) is 0 Å². The molecule has 0 fully saturated rings. The van der Waals surface area contributed by atoms with Gasteiger partial charge in [-0.2, -0.15) is 0 Å². The van der Waals surface area contributed by atoms with Crippen LogP contribution in [-0.4, -0.2) is 35.3 Å². The summed E-state index contributed by atoms with van der Waals surface area (Å²) in [7, 11) is -5.16. The summed E-state index contributed by atoms with van der Waals surface area (Å²) < 4.78 is 13.4. The smallest absolute Gasteiger partial charge is 0.151 e. The Labute approximate surface area is 67.8 Å². The van der Waals surface area contributed by atoms with E-state index in [0.717, 1.165) is 0 Å². The molecule has 0 saturated heterocycles. The van der Waals surface area contributed by atoms with Gasteiger partial charge < -0.3 is 33.9 Å². The maximum atomic E-state index is 9.82. The molecule has 0 amide bonds. The molecule has 0 aliphatic carbocycles. The van der Waals surface area contributed by atoms with E-state index in [2.05, 4.69) is 4.52 Å². The van der Waals surface area contributed by atoms with Crippen molar-refractivity contribution in [2.45, 2.75) is 12.2 Å². The SMILES string of the molecule is O=CC(O)C(O)COP(=O)([O-])[O-]. The third kappa shape index (κ3) is 5.36. The molecule has 0 heterocycles. The van der Waals surface area contributed by atoms with Gasteiger partial charge in [0.25, 0.3) is 0 Å². The largest absolute Gasteiger partial charge is 0.790 e. The second kappa shape index (κ2) is 4.66. The summed E-state index contributed by atoms with van der Waals surface area (Å²) in [5, 5.41) is 17.2. The molecule has 2 atom stereocenters. The highest BCUT2D eigenvalue weighted by Crippen LogP contribution is 2.24. The molecule has 0 aromatic carbocycles. The lowest BCUT2D eigenvalue weighted by atomic mass is 10.2. The van der Waals surface area contributed by atoms with Crippen LogP contribution in [0.3, 0.4) is 0 Å². The zero-order valence-electron chi connectivity index (χ0n) is 5.82. The first kappa shape index (κ1) is 11.7. The van der Waals surface area contributed by atoms with Crippen LogP contribution in [0.5, 0.6) is 0 Å². The number of rotatable bonds is 5. The summed E-state index contributed by atoms with van der Waals surface area (Å²) in [5.74, 6) is 0. The number of aldehydes is 1. The predicted octanol–water partition coefficient (Wildman–Crippen LogP) is -3.25. The van der Waals surface area contributed by atoms with Crippen molar-refractivity contribution in [3.05, 3.63) is 0 Å². The maximum Gasteiger partial charge on any atom is 0.151 e. The Morgan fingerprint density at radius 2 is 2.00 bits per heavy atom. The Morgan fingerprint density at radius 3 is 2.33 bits per heavy atom. The Hall–Kier alpha value is -0.300. The van der Waals surface area contributed by atoms with E-state index >= 15 is 0 Å². The van der Waals surface area contributed by atoms with Crippen molar-refractivity contribution >= 4 is 14.1 Å². The number of hydrogen-bond donors (Lipinski definition) is 2. The van der Waals surface area contributed by atoms with Gasteiger partial charge in [-0.25, -0.2) is 0 Å². The van der Waals surface area contributed by atoms with E-state index in [4.69, 9.17) is 10.2 Å². The van der Waals surface area contributed by atoms with Crippen LogP contribution in [0.25, 0.3) is 0 Å². The number of phosphoric ester groups is 1. The first-order valence-corrected chi connectivity index (χ1v) is 4.31. The fourth-order valence-electron chi connectivity index (χ4n) is 0.357. The van der Waals surface area contributed by atoms with E-state index in [9.17, 15) is 19.1 Å². The van der Waals surface area contributed by atoms with Crippen LogP contribution in [0.4, 0.5) is 0 Å². The molecule has 0 radical (unpaired) electrons. The number of aliphatic hydroxyl groups excluding tert-OH is 2. The summed E-state index contributed by atoms with van der Waals surface area (Å²) in [6.45, 7) is -0.926. The van der Waals surface area contributed by atoms with Crippen molar-refractivity contribution in [3.8, 4) is 0 Å². The Morgan fingerprint density at radius 1 is 1.50 bits per heavy atom. The molecule has 72 valence electrons. The van der Waals surface area contributed by atoms with Gasteiger partial charge in [-0.05, 0) is 0 Å². The van der Waals surface area contributed by atoms with E-state index in [1.54, 1.807) is 0 Å². The lowest BCUT2D eigenvalue weighted by Crippen LogP contribution is -2.32. The molecule has 0 bridgehead atoms. The lowest BCUT2D eigenvalue weighted by Gasteiger charge is -2.29. The fraction of sp³-hybridized carbons (Fsp3) is 0.750. The molecule has 0 aliphatic rings. The summed E-state index contributed by atoms with van der Waals surface area (Å²) in [4.78, 5) is 29.4. The number of phosphoric acid groups is 1. The molecule has 2 unspecified atom stereocenters. The number of carbonyl (C=O) groups is 1. The molecule has 0 aromatic heterocycles. The zero-order chi connectivity index (χ0) is 9.78. The van der Waals surface area contributed by atoms with Gasteiger partial charge >= 0.3 is 0 Å². The normalized spacial score (nSPS) is 17.0. The molecule has 12 heavy (non-hydrogen) atoms. The van der Waals surface area contributed by atoms with Gasteiger partial charge in [-0.1, -0.05) is 0 Å². The number of carbonyl (C=O) groups excluding carboxylic acids is 1. The van der Waals surface area contributed by atoms with Crippen LogP contribution in [0.15, 0.2) is 0 Å². The van der Waals surface area contributed by atoms with Crippen molar-refractivity contribution in [1.29, 1.82) is 0 Å². The highest BCUT2D eigenvalue weighted by molar-refractivity contribution is 7.43. The predicted molar refractivity (Wildman–Crippen MR) is 31.6 cm³/mol. The summed E-state index contributed by atoms with van der Waals surface area (Å²) in [6, 6.07) is 0. The second-order valence-electron chi connectivity index (χ2n) is 1.94. The first-order chi connectivity index (χ1) is 5.37. The van der Waals surface area contributed by atoms with Gasteiger partial charge in [-0.15, -0.1) is 0 Å². The lowest BCUT2D eigenvalue weighted by molar-refractivity contribution is -0.343. The molecule has 8 heteroatoms. The van der Waals surface area contributed by atoms with E-state index in [1.807, 2.05) is 0 Å². The fourth-order valence-corrected chi connectivity index (χ4v) is 0.692. The molecule has 0 aliphatic heterocycles. The first-order valence-electron chi connectivity index (χ1n) is 2.85. The minimum atomic E-state index is -5.16. The quantitative estimate of drug-likeness (QED) is 0.350. The van der Waals surface area contributed by atoms with Crippen LogP contribution in [0, 0.1) is 0 Å². The van der Waals surface area contributed by atoms with Crippen LogP contribution in [-0.2, 0) is 13.9 Å². The summed E-state index contributed by atoms with van der Waals surface area (Å²) >= 11 is 0. The van der Waals surface area contributed by atoms with Crippen LogP contribution in [0.1, 0.15) is 0 Å². The molecule has 0 saturated carbocycles. The average molecular weight is 198 g/mol. The monoisotopic (exact) mass is 198 g/mol. The maximum absolute atomic E-state index is 9.82. The van der Waals surface area contributed by atoms with Crippen LogP contribution < -0.4 is 9.79 Å². The zero-order valence-corrected chi connectivity index (χ0v) is 6.72. The highest BCUT2D eigenvalue weighted by Gasteiger charge is 2.15. The minimum absolute atomic E-state index is 0.00540. The van der Waals surface area contributed by atoms with Gasteiger partial charge in [0.2, 0.25) is 0 Å². The molecule has 0 rings (SSSR count). The average Bonchev–Trinajstić information content (AvgIpc) is 1.97. The van der Waals surface area contributed by atoms with Gasteiger partial charge in [0.1, 0.15) is 12.2 Å². The molecular weight excluding hydrogens is 191 g/mol. The van der Waals surface area contributed by atoms with Crippen LogP contribution >= 0.6 is 7.82 Å². The van der Waals surface area contributed by atoms with Gasteiger partial charge in [0, 0.05) is 0 Å². The van der Waals surface area contributed by atoms with Gasteiger partial charge in [0.15, 0.2) is 6.29 Å². The van der Waals surface area contributed by atoms with Crippen molar-refractivity contribution in [2.24, 2.45) is 0 Å². The molecular formula is C4H7O7P-2. The van der Waals surface area contributed by atoms with E-state index in [0.29, 0.717) is 0 Å². The molecule has 2 N–H and O–H groups in total. The standard InChI is InChI=1S/C4H9O7P/c5-1-3(6)4(7)2-11-12(8,9)10/h1,3-4,6-7H,2H2,(H2,8,9,10)/p-2. The highest BCUT2D eigenvalue weighted by atomic mass is 31.2. The minimum Gasteiger partial charge on any atom is -0.790 e. The molecule has 0 spiro atoms. The Kier molecular flexibility index (Phi) is 4.54. The third-order valence-electron chi connectivity index (χ3n) is 0.937. The molecule has 0 aromatic rings. The van der Waals surface area contributed by atoms with Crippen LogP contribution in [0.2, 0.25) is 0 Å². The summed E-state index contributed by atoms with van der Waals surface area (Å²) in [5.41, 5.74) is 0. The summed E-state index contributed by atoms with van der Waals surface area (Å²) in [6.07, 6.45) is -3.47. The second-order valence-corrected chi connectivity index (χ2v) is 3.09. The van der Waals surface area contributed by atoms with Crippen molar-refractivity contribution in [3.63, 3.8) is 0 Å². The number of hydrogen-bond acceptors (Lipinski definition) is 7.